The van der Waals surface area contributed by atoms with Gasteiger partial charge in [-0.25, -0.2) is 0 Å². The summed E-state index contributed by atoms with van der Waals surface area (Å²) in [6, 6.07) is 23.9. The van der Waals surface area contributed by atoms with Gasteiger partial charge in [0, 0.05) is 29.5 Å². The summed E-state index contributed by atoms with van der Waals surface area (Å²) in [6.45, 7) is 3.60. The molecule has 0 aliphatic carbocycles. The van der Waals surface area contributed by atoms with Gasteiger partial charge in [-0.1, -0.05) is 43.7 Å². The minimum atomic E-state index is -0.206. The molecular formula is C27H31N3O4. The van der Waals surface area contributed by atoms with Crippen molar-refractivity contribution in [2.24, 2.45) is 0 Å². The normalized spacial score (nSPS) is 10.3. The summed E-state index contributed by atoms with van der Waals surface area (Å²) < 4.78 is 11.3. The zero-order valence-electron chi connectivity index (χ0n) is 19.4. The van der Waals surface area contributed by atoms with Crippen LogP contribution in [0.15, 0.2) is 78.9 Å². The summed E-state index contributed by atoms with van der Waals surface area (Å²) in [4.78, 5) is 24.6. The molecule has 0 aliphatic rings. The lowest BCUT2D eigenvalue weighted by Crippen LogP contribution is -2.25. The molecule has 0 bridgehead atoms. The molecule has 3 N–H and O–H groups in total. The second-order valence-corrected chi connectivity index (χ2v) is 7.63. The van der Waals surface area contributed by atoms with Crippen LogP contribution in [0, 0.1) is 0 Å². The van der Waals surface area contributed by atoms with Gasteiger partial charge in [0.25, 0.3) is 5.91 Å². The smallest absolute Gasteiger partial charge is 0.251 e. The number of para-hydroxylation sites is 1. The molecular weight excluding hydrogens is 430 g/mol. The molecule has 7 heteroatoms. The van der Waals surface area contributed by atoms with Crippen LogP contribution >= 0.6 is 0 Å². The Kier molecular flexibility index (Phi) is 9.80. The van der Waals surface area contributed by atoms with E-state index in [1.165, 1.54) is 0 Å². The van der Waals surface area contributed by atoms with Crippen molar-refractivity contribution in [2.45, 2.75) is 19.8 Å². The van der Waals surface area contributed by atoms with Crippen molar-refractivity contribution in [1.82, 2.24) is 5.32 Å². The molecule has 0 radical (unpaired) electrons. The molecule has 0 spiro atoms. The molecule has 0 unspecified atom stereocenters. The number of nitrogens with one attached hydrogen (secondary N) is 3. The molecule has 0 aromatic heterocycles. The summed E-state index contributed by atoms with van der Waals surface area (Å²) in [6.07, 6.45) is 1.96. The quantitative estimate of drug-likeness (QED) is 0.321. The fraction of sp³-hybridized carbons (Fsp3) is 0.259. The van der Waals surface area contributed by atoms with Crippen molar-refractivity contribution < 1.29 is 19.1 Å². The number of amides is 2. The summed E-state index contributed by atoms with van der Waals surface area (Å²) in [5.74, 6) is 1.11. The predicted octanol–water partition coefficient (Wildman–Crippen LogP) is 4.72. The third kappa shape index (κ3) is 8.50. The fourth-order valence-corrected chi connectivity index (χ4v) is 3.14. The summed E-state index contributed by atoms with van der Waals surface area (Å²) in [5.41, 5.74) is 1.90. The van der Waals surface area contributed by atoms with Crippen molar-refractivity contribution in [3.63, 3.8) is 0 Å². The monoisotopic (exact) mass is 461 g/mol. The molecule has 34 heavy (non-hydrogen) atoms. The Morgan fingerprint density at radius 2 is 1.50 bits per heavy atom. The van der Waals surface area contributed by atoms with Crippen LogP contribution in [0.2, 0.25) is 0 Å². The van der Waals surface area contributed by atoms with Crippen LogP contribution in [0.3, 0.4) is 0 Å². The van der Waals surface area contributed by atoms with E-state index >= 15 is 0 Å². The standard InChI is InChI=1S/C27H31N3O4/c1-2-3-15-28-27(32)21-9-7-10-22(18-21)29-20-26(31)30-23-11-8-14-25(19-23)34-17-16-33-24-12-5-4-6-13-24/h4-14,18-19,29H,2-3,15-17,20H2,1H3,(H,28,32)(H,30,31). The maximum atomic E-state index is 12.4. The Morgan fingerprint density at radius 1 is 0.794 bits per heavy atom. The Hall–Kier alpha value is -4.00. The number of carbonyl (C=O) groups is 2. The molecule has 3 aromatic rings. The maximum Gasteiger partial charge on any atom is 0.251 e. The number of ether oxygens (including phenoxy) is 2. The van der Waals surface area contributed by atoms with Crippen LogP contribution in [0.5, 0.6) is 11.5 Å². The number of hydrogen-bond donors (Lipinski definition) is 3. The van der Waals surface area contributed by atoms with Crippen molar-refractivity contribution in [3.05, 3.63) is 84.4 Å². The van der Waals surface area contributed by atoms with Crippen molar-refractivity contribution in [3.8, 4) is 11.5 Å². The lowest BCUT2D eigenvalue weighted by Gasteiger charge is -2.11. The van der Waals surface area contributed by atoms with E-state index in [-0.39, 0.29) is 18.4 Å². The van der Waals surface area contributed by atoms with E-state index < -0.39 is 0 Å². The number of unbranched alkanes of at least 4 members (excludes halogenated alkanes) is 1. The molecule has 0 saturated carbocycles. The van der Waals surface area contributed by atoms with Crippen LogP contribution in [0.25, 0.3) is 0 Å². The van der Waals surface area contributed by atoms with E-state index in [2.05, 4.69) is 22.9 Å². The minimum absolute atomic E-state index is 0.0664. The van der Waals surface area contributed by atoms with E-state index in [1.807, 2.05) is 48.5 Å². The molecule has 178 valence electrons. The van der Waals surface area contributed by atoms with Gasteiger partial charge in [-0.2, -0.15) is 0 Å². The second-order valence-electron chi connectivity index (χ2n) is 7.63. The molecule has 0 saturated heterocycles. The van der Waals surface area contributed by atoms with Gasteiger partial charge < -0.3 is 25.4 Å². The zero-order valence-corrected chi connectivity index (χ0v) is 19.4. The molecule has 3 aromatic carbocycles. The van der Waals surface area contributed by atoms with Gasteiger partial charge in [-0.3, -0.25) is 9.59 Å². The number of hydrogen-bond acceptors (Lipinski definition) is 5. The second kappa shape index (κ2) is 13.5. The predicted molar refractivity (Wildman–Crippen MR) is 135 cm³/mol. The van der Waals surface area contributed by atoms with E-state index in [0.717, 1.165) is 18.6 Å². The number of rotatable bonds is 13. The van der Waals surface area contributed by atoms with E-state index in [9.17, 15) is 9.59 Å². The highest BCUT2D eigenvalue weighted by Crippen LogP contribution is 2.18. The SMILES string of the molecule is CCCCNC(=O)c1cccc(NCC(=O)Nc2cccc(OCCOc3ccccc3)c2)c1. The highest BCUT2D eigenvalue weighted by Gasteiger charge is 2.07. The molecule has 3 rings (SSSR count). The molecule has 0 fully saturated rings. The Bertz CT molecular complexity index is 1060. The molecule has 0 atom stereocenters. The van der Waals surface area contributed by atoms with Crippen molar-refractivity contribution in [1.29, 1.82) is 0 Å². The average Bonchev–Trinajstić information content (AvgIpc) is 2.86. The Morgan fingerprint density at radius 3 is 2.29 bits per heavy atom. The van der Waals surface area contributed by atoms with Crippen molar-refractivity contribution in [2.75, 3.05) is 36.9 Å². The van der Waals surface area contributed by atoms with Crippen LogP contribution in [0.4, 0.5) is 11.4 Å². The minimum Gasteiger partial charge on any atom is -0.490 e. The number of carbonyl (C=O) groups excluding carboxylic acids is 2. The number of anilines is 2. The van der Waals surface area contributed by atoms with Crippen LogP contribution in [-0.4, -0.2) is 38.1 Å². The van der Waals surface area contributed by atoms with E-state index in [4.69, 9.17) is 9.47 Å². The first-order valence-corrected chi connectivity index (χ1v) is 11.5. The first-order valence-electron chi connectivity index (χ1n) is 11.5. The summed E-state index contributed by atoms with van der Waals surface area (Å²) in [7, 11) is 0. The first kappa shape index (κ1) is 24.6. The largest absolute Gasteiger partial charge is 0.490 e. The Labute approximate surface area is 200 Å². The van der Waals surface area contributed by atoms with Crippen LogP contribution in [0.1, 0.15) is 30.1 Å². The van der Waals surface area contributed by atoms with Gasteiger partial charge in [0.1, 0.15) is 24.7 Å². The van der Waals surface area contributed by atoms with Gasteiger partial charge in [-0.15, -0.1) is 0 Å². The maximum absolute atomic E-state index is 12.4. The molecule has 7 nitrogen and oxygen atoms in total. The van der Waals surface area contributed by atoms with Gasteiger partial charge in [0.15, 0.2) is 0 Å². The molecule has 0 heterocycles. The highest BCUT2D eigenvalue weighted by molar-refractivity contribution is 5.96. The summed E-state index contributed by atoms with van der Waals surface area (Å²) >= 11 is 0. The highest BCUT2D eigenvalue weighted by atomic mass is 16.5. The van der Waals surface area contributed by atoms with Crippen LogP contribution < -0.4 is 25.4 Å². The van der Waals surface area contributed by atoms with E-state index in [0.29, 0.717) is 42.4 Å². The number of benzene rings is 3. The topological polar surface area (TPSA) is 88.7 Å². The first-order chi connectivity index (χ1) is 16.6. The van der Waals surface area contributed by atoms with Crippen molar-refractivity contribution >= 4 is 23.2 Å². The van der Waals surface area contributed by atoms with Gasteiger partial charge >= 0.3 is 0 Å². The van der Waals surface area contributed by atoms with Gasteiger partial charge in [-0.05, 0) is 48.9 Å². The fourth-order valence-electron chi connectivity index (χ4n) is 3.14. The molecule has 0 aliphatic heterocycles. The van der Waals surface area contributed by atoms with Gasteiger partial charge in [0.2, 0.25) is 5.91 Å². The average molecular weight is 462 g/mol. The lowest BCUT2D eigenvalue weighted by atomic mass is 10.2. The molecule has 2 amide bonds. The Balaban J connectivity index is 1.42. The summed E-state index contributed by atoms with van der Waals surface area (Å²) in [5, 5.41) is 8.80. The zero-order chi connectivity index (χ0) is 24.0. The lowest BCUT2D eigenvalue weighted by molar-refractivity contribution is -0.114. The van der Waals surface area contributed by atoms with Crippen LogP contribution in [-0.2, 0) is 4.79 Å². The van der Waals surface area contributed by atoms with E-state index in [1.54, 1.807) is 30.3 Å². The third-order valence-electron chi connectivity index (χ3n) is 4.88. The van der Waals surface area contributed by atoms with Gasteiger partial charge in [0.05, 0.1) is 6.54 Å². The third-order valence-corrected chi connectivity index (χ3v) is 4.88.